The lowest BCUT2D eigenvalue weighted by atomic mass is 9.93. The molecule has 25 heavy (non-hydrogen) atoms. The van der Waals surface area contributed by atoms with E-state index in [9.17, 15) is 10.2 Å². The molecule has 2 fully saturated rings. The van der Waals surface area contributed by atoms with Crippen LogP contribution in [0.15, 0.2) is 30.3 Å². The Bertz CT molecular complexity index is 760. The predicted molar refractivity (Wildman–Crippen MR) is 94.9 cm³/mol. The fourth-order valence-corrected chi connectivity index (χ4v) is 3.20. The van der Waals surface area contributed by atoms with Crippen LogP contribution in [-0.2, 0) is 4.74 Å². The van der Waals surface area contributed by atoms with Crippen LogP contribution >= 0.6 is 0 Å². The van der Waals surface area contributed by atoms with Gasteiger partial charge in [-0.3, -0.25) is 0 Å². The van der Waals surface area contributed by atoms with Crippen molar-refractivity contribution >= 4 is 16.7 Å². The summed E-state index contributed by atoms with van der Waals surface area (Å²) in [4.78, 5) is 4.66. The summed E-state index contributed by atoms with van der Waals surface area (Å²) >= 11 is 0. The van der Waals surface area contributed by atoms with Gasteiger partial charge in [-0.25, -0.2) is 4.98 Å². The fraction of sp³-hybridized carbons (Fsp3) is 0.526. The largest absolute Gasteiger partial charge is 0.491 e. The van der Waals surface area contributed by atoms with E-state index in [1.807, 2.05) is 30.3 Å². The number of fused-ring (bicyclic) bond motifs is 1. The molecule has 0 spiro atoms. The van der Waals surface area contributed by atoms with Crippen molar-refractivity contribution in [2.24, 2.45) is 0 Å². The van der Waals surface area contributed by atoms with E-state index in [-0.39, 0.29) is 13.2 Å². The zero-order valence-corrected chi connectivity index (χ0v) is 14.3. The van der Waals surface area contributed by atoms with E-state index >= 15 is 0 Å². The molecule has 3 unspecified atom stereocenters. The van der Waals surface area contributed by atoms with Crippen molar-refractivity contribution in [3.8, 4) is 5.75 Å². The standard InChI is InChI=1S/C19H24N2O4/c1-19(23)11-25-16(18(19)22)10-24-14-7-5-12-6-8-17(21-15(12)9-14)20-13-3-2-4-13/h5-9,13,16,18,22-23H,2-4,10-11H2,1H3,(H,20,21). The average Bonchev–Trinajstić information content (AvgIpc) is 2.82. The highest BCUT2D eigenvalue weighted by Gasteiger charge is 2.44. The first-order valence-electron chi connectivity index (χ1n) is 8.83. The van der Waals surface area contributed by atoms with Crippen molar-refractivity contribution in [3.05, 3.63) is 30.3 Å². The molecular weight excluding hydrogens is 320 g/mol. The summed E-state index contributed by atoms with van der Waals surface area (Å²) in [6, 6.07) is 10.3. The molecule has 1 aromatic carbocycles. The van der Waals surface area contributed by atoms with Crippen LogP contribution in [0.1, 0.15) is 26.2 Å². The van der Waals surface area contributed by atoms with E-state index in [1.54, 1.807) is 6.92 Å². The topological polar surface area (TPSA) is 83.8 Å². The van der Waals surface area contributed by atoms with Crippen molar-refractivity contribution < 1.29 is 19.7 Å². The van der Waals surface area contributed by atoms with E-state index in [2.05, 4.69) is 10.3 Å². The molecule has 2 aromatic rings. The van der Waals surface area contributed by atoms with Crippen LogP contribution in [0, 0.1) is 0 Å². The summed E-state index contributed by atoms with van der Waals surface area (Å²) in [7, 11) is 0. The van der Waals surface area contributed by atoms with Gasteiger partial charge in [0.2, 0.25) is 0 Å². The van der Waals surface area contributed by atoms with Crippen LogP contribution in [0.5, 0.6) is 5.75 Å². The number of aromatic nitrogens is 1. The van der Waals surface area contributed by atoms with E-state index < -0.39 is 17.8 Å². The summed E-state index contributed by atoms with van der Waals surface area (Å²) in [5.41, 5.74) is -0.358. The van der Waals surface area contributed by atoms with Gasteiger partial charge in [-0.2, -0.15) is 0 Å². The molecule has 134 valence electrons. The highest BCUT2D eigenvalue weighted by Crippen LogP contribution is 2.27. The first kappa shape index (κ1) is 16.6. The number of rotatable bonds is 5. The average molecular weight is 344 g/mol. The lowest BCUT2D eigenvalue weighted by Crippen LogP contribution is -2.42. The molecule has 6 nitrogen and oxygen atoms in total. The zero-order chi connectivity index (χ0) is 17.4. The number of ether oxygens (including phenoxy) is 2. The van der Waals surface area contributed by atoms with Crippen molar-refractivity contribution in [3.63, 3.8) is 0 Å². The van der Waals surface area contributed by atoms with E-state index in [1.165, 1.54) is 19.3 Å². The maximum Gasteiger partial charge on any atom is 0.126 e. The Morgan fingerprint density at radius 3 is 2.80 bits per heavy atom. The van der Waals surface area contributed by atoms with Crippen LogP contribution in [-0.4, -0.2) is 52.3 Å². The molecule has 4 rings (SSSR count). The summed E-state index contributed by atoms with van der Waals surface area (Å²) in [6.45, 7) is 1.86. The molecule has 0 bridgehead atoms. The molecule has 3 N–H and O–H groups in total. The Kier molecular flexibility index (Phi) is 4.27. The molecular formula is C19H24N2O4. The second kappa shape index (κ2) is 6.44. The third kappa shape index (κ3) is 3.42. The van der Waals surface area contributed by atoms with Gasteiger partial charge in [-0.1, -0.05) is 0 Å². The first-order chi connectivity index (χ1) is 12.0. The maximum absolute atomic E-state index is 10.0. The summed E-state index contributed by atoms with van der Waals surface area (Å²) in [5.74, 6) is 1.56. The number of hydrogen-bond donors (Lipinski definition) is 3. The van der Waals surface area contributed by atoms with Gasteiger partial charge in [0.25, 0.3) is 0 Å². The maximum atomic E-state index is 10.0. The second-order valence-corrected chi connectivity index (χ2v) is 7.29. The van der Waals surface area contributed by atoms with Crippen molar-refractivity contribution in [2.45, 2.75) is 50.0 Å². The third-order valence-corrected chi connectivity index (χ3v) is 5.11. The van der Waals surface area contributed by atoms with Crippen LogP contribution in [0.4, 0.5) is 5.82 Å². The molecule has 0 radical (unpaired) electrons. The van der Waals surface area contributed by atoms with Gasteiger partial charge in [0, 0.05) is 17.5 Å². The van der Waals surface area contributed by atoms with E-state index in [0.717, 1.165) is 16.7 Å². The third-order valence-electron chi connectivity index (χ3n) is 5.11. The Labute approximate surface area is 146 Å². The van der Waals surface area contributed by atoms with Crippen LogP contribution in [0.2, 0.25) is 0 Å². The zero-order valence-electron chi connectivity index (χ0n) is 14.3. The highest BCUT2D eigenvalue weighted by atomic mass is 16.6. The van der Waals surface area contributed by atoms with E-state index in [0.29, 0.717) is 11.8 Å². The molecule has 3 atom stereocenters. The number of nitrogens with one attached hydrogen (secondary N) is 1. The Balaban J connectivity index is 1.44. The minimum atomic E-state index is -1.22. The quantitative estimate of drug-likeness (QED) is 0.770. The van der Waals surface area contributed by atoms with Gasteiger partial charge in [0.1, 0.15) is 36.0 Å². The Morgan fingerprint density at radius 1 is 1.32 bits per heavy atom. The minimum Gasteiger partial charge on any atom is -0.491 e. The minimum absolute atomic E-state index is 0.109. The number of benzene rings is 1. The number of pyridine rings is 1. The van der Waals surface area contributed by atoms with Gasteiger partial charge < -0.3 is 25.0 Å². The summed E-state index contributed by atoms with van der Waals surface area (Å²) in [5, 5.41) is 24.5. The number of aliphatic hydroxyl groups excluding tert-OH is 1. The molecule has 1 aliphatic heterocycles. The molecule has 1 saturated heterocycles. The molecule has 2 heterocycles. The van der Waals surface area contributed by atoms with E-state index in [4.69, 9.17) is 9.47 Å². The monoisotopic (exact) mass is 344 g/mol. The smallest absolute Gasteiger partial charge is 0.126 e. The Hall–Kier alpha value is -1.89. The Morgan fingerprint density at radius 2 is 2.12 bits per heavy atom. The van der Waals surface area contributed by atoms with Gasteiger partial charge in [-0.05, 0) is 50.5 Å². The fourth-order valence-electron chi connectivity index (χ4n) is 3.20. The van der Waals surface area contributed by atoms with Crippen molar-refractivity contribution in [1.82, 2.24) is 4.98 Å². The number of nitrogens with zero attached hydrogens (tertiary/aromatic N) is 1. The number of aliphatic hydroxyl groups is 2. The molecule has 1 aromatic heterocycles. The number of hydrogen-bond acceptors (Lipinski definition) is 6. The SMILES string of the molecule is CC1(O)COC(COc2ccc3ccc(NC4CCC4)nc3c2)C1O. The van der Waals surface area contributed by atoms with Gasteiger partial charge in [0.15, 0.2) is 0 Å². The van der Waals surface area contributed by atoms with Crippen LogP contribution in [0.3, 0.4) is 0 Å². The summed E-state index contributed by atoms with van der Waals surface area (Å²) in [6.07, 6.45) is 2.20. The molecule has 0 amide bonds. The second-order valence-electron chi connectivity index (χ2n) is 7.29. The summed E-state index contributed by atoms with van der Waals surface area (Å²) < 4.78 is 11.2. The molecule has 2 aliphatic rings. The van der Waals surface area contributed by atoms with Crippen molar-refractivity contribution in [1.29, 1.82) is 0 Å². The number of anilines is 1. The lowest BCUT2D eigenvalue weighted by Gasteiger charge is -2.27. The van der Waals surface area contributed by atoms with Crippen LogP contribution in [0.25, 0.3) is 10.9 Å². The molecule has 1 aliphatic carbocycles. The normalized spacial score (nSPS) is 29.6. The molecule has 1 saturated carbocycles. The van der Waals surface area contributed by atoms with Crippen LogP contribution < -0.4 is 10.1 Å². The van der Waals surface area contributed by atoms with Gasteiger partial charge >= 0.3 is 0 Å². The molecule has 6 heteroatoms. The van der Waals surface area contributed by atoms with Gasteiger partial charge in [0.05, 0.1) is 12.1 Å². The van der Waals surface area contributed by atoms with Crippen molar-refractivity contribution in [2.75, 3.05) is 18.5 Å². The van der Waals surface area contributed by atoms with Gasteiger partial charge in [-0.15, -0.1) is 0 Å². The highest BCUT2D eigenvalue weighted by molar-refractivity contribution is 5.81. The first-order valence-corrected chi connectivity index (χ1v) is 8.83. The lowest BCUT2D eigenvalue weighted by molar-refractivity contribution is -0.0415. The predicted octanol–water partition coefficient (Wildman–Crippen LogP) is 2.09.